The number of benzene rings is 1. The lowest BCUT2D eigenvalue weighted by atomic mass is 10.2. The fourth-order valence-corrected chi connectivity index (χ4v) is 2.25. The lowest BCUT2D eigenvalue weighted by molar-refractivity contribution is 0.374. The molecule has 0 unspecified atom stereocenters. The average molecular weight is 285 g/mol. The van der Waals surface area contributed by atoms with Crippen molar-refractivity contribution >= 4 is 11.0 Å². The molecular formula is C16H19N3O2. The topological polar surface area (TPSA) is 64.1 Å². The first-order valence-corrected chi connectivity index (χ1v) is 7.26. The summed E-state index contributed by atoms with van der Waals surface area (Å²) < 4.78 is 10.8. The minimum absolute atomic E-state index is 0.501. The van der Waals surface area contributed by atoms with Crippen molar-refractivity contribution in [1.29, 1.82) is 0 Å². The van der Waals surface area contributed by atoms with Gasteiger partial charge < -0.3 is 14.3 Å². The SMILES string of the molecule is CC(C)NCCCc1nc(-c2coc3ccccc23)no1. The summed E-state index contributed by atoms with van der Waals surface area (Å²) >= 11 is 0. The van der Waals surface area contributed by atoms with Crippen LogP contribution in [0.25, 0.3) is 22.4 Å². The zero-order valence-electron chi connectivity index (χ0n) is 12.3. The number of hydrogen-bond acceptors (Lipinski definition) is 5. The van der Waals surface area contributed by atoms with Crippen LogP contribution in [-0.2, 0) is 6.42 Å². The molecule has 5 nitrogen and oxygen atoms in total. The van der Waals surface area contributed by atoms with Crippen molar-refractivity contribution in [2.45, 2.75) is 32.7 Å². The number of nitrogens with zero attached hydrogens (tertiary/aromatic N) is 2. The van der Waals surface area contributed by atoms with Crippen LogP contribution in [0.15, 0.2) is 39.5 Å². The lowest BCUT2D eigenvalue weighted by Gasteiger charge is -2.05. The van der Waals surface area contributed by atoms with Crippen molar-refractivity contribution in [3.63, 3.8) is 0 Å². The molecule has 0 fully saturated rings. The van der Waals surface area contributed by atoms with Gasteiger partial charge in [0.15, 0.2) is 0 Å². The molecule has 110 valence electrons. The summed E-state index contributed by atoms with van der Waals surface area (Å²) in [6.45, 7) is 5.22. The minimum atomic E-state index is 0.501. The highest BCUT2D eigenvalue weighted by Crippen LogP contribution is 2.28. The van der Waals surface area contributed by atoms with E-state index in [1.807, 2.05) is 24.3 Å². The van der Waals surface area contributed by atoms with E-state index < -0.39 is 0 Å². The second kappa shape index (κ2) is 6.10. The van der Waals surface area contributed by atoms with Crippen LogP contribution in [0.4, 0.5) is 0 Å². The maximum atomic E-state index is 5.51. The van der Waals surface area contributed by atoms with Crippen LogP contribution in [0.3, 0.4) is 0 Å². The largest absolute Gasteiger partial charge is 0.464 e. The number of nitrogens with one attached hydrogen (secondary N) is 1. The molecule has 0 aliphatic carbocycles. The molecule has 3 aromatic rings. The Labute approximate surface area is 123 Å². The molecule has 0 atom stereocenters. The van der Waals surface area contributed by atoms with Gasteiger partial charge in [-0.1, -0.05) is 37.2 Å². The molecule has 0 aliphatic heterocycles. The van der Waals surface area contributed by atoms with Gasteiger partial charge in [0.05, 0.1) is 5.56 Å². The van der Waals surface area contributed by atoms with E-state index in [-0.39, 0.29) is 0 Å². The Morgan fingerprint density at radius 1 is 1.24 bits per heavy atom. The van der Waals surface area contributed by atoms with Gasteiger partial charge in [0.25, 0.3) is 0 Å². The second-order valence-electron chi connectivity index (χ2n) is 5.37. The maximum Gasteiger partial charge on any atom is 0.227 e. The molecular weight excluding hydrogens is 266 g/mol. The van der Waals surface area contributed by atoms with Crippen molar-refractivity contribution in [1.82, 2.24) is 15.5 Å². The Morgan fingerprint density at radius 2 is 2.10 bits per heavy atom. The smallest absolute Gasteiger partial charge is 0.227 e. The summed E-state index contributed by atoms with van der Waals surface area (Å²) in [6, 6.07) is 8.34. The number of fused-ring (bicyclic) bond motifs is 1. The Balaban J connectivity index is 1.70. The van der Waals surface area contributed by atoms with Gasteiger partial charge in [-0.05, 0) is 19.0 Å². The lowest BCUT2D eigenvalue weighted by Crippen LogP contribution is -2.23. The molecule has 1 aromatic carbocycles. The average Bonchev–Trinajstić information content (AvgIpc) is 3.09. The van der Waals surface area contributed by atoms with Crippen molar-refractivity contribution in [2.75, 3.05) is 6.54 Å². The first kappa shape index (κ1) is 13.8. The predicted octanol–water partition coefficient (Wildman–Crippen LogP) is 3.41. The molecule has 2 heterocycles. The zero-order chi connectivity index (χ0) is 14.7. The summed E-state index contributed by atoms with van der Waals surface area (Å²) in [6.07, 6.45) is 3.44. The van der Waals surface area contributed by atoms with Crippen molar-refractivity contribution in [3.8, 4) is 11.4 Å². The van der Waals surface area contributed by atoms with E-state index >= 15 is 0 Å². The molecule has 0 amide bonds. The third-order valence-corrected chi connectivity index (χ3v) is 3.31. The summed E-state index contributed by atoms with van der Waals surface area (Å²) in [4.78, 5) is 4.45. The van der Waals surface area contributed by atoms with Gasteiger partial charge in [0, 0.05) is 17.8 Å². The first-order chi connectivity index (χ1) is 10.2. The van der Waals surface area contributed by atoms with Crippen LogP contribution >= 0.6 is 0 Å². The van der Waals surface area contributed by atoms with Crippen LogP contribution in [0.2, 0.25) is 0 Å². The van der Waals surface area contributed by atoms with Crippen LogP contribution < -0.4 is 5.32 Å². The molecule has 0 aliphatic rings. The van der Waals surface area contributed by atoms with Gasteiger partial charge >= 0.3 is 0 Å². The molecule has 0 spiro atoms. The van der Waals surface area contributed by atoms with E-state index in [9.17, 15) is 0 Å². The molecule has 1 N–H and O–H groups in total. The molecule has 0 saturated heterocycles. The van der Waals surface area contributed by atoms with Crippen molar-refractivity contribution in [3.05, 3.63) is 36.4 Å². The standard InChI is InChI=1S/C16H19N3O2/c1-11(2)17-9-5-8-15-18-16(19-21-15)13-10-20-14-7-4-3-6-12(13)14/h3-4,6-7,10-11,17H,5,8-9H2,1-2H3. The predicted molar refractivity (Wildman–Crippen MR) is 81.0 cm³/mol. The summed E-state index contributed by atoms with van der Waals surface area (Å²) in [7, 11) is 0. The number of aromatic nitrogens is 2. The van der Waals surface area contributed by atoms with E-state index in [1.54, 1.807) is 6.26 Å². The molecule has 5 heteroatoms. The molecule has 0 saturated carbocycles. The molecule has 0 bridgehead atoms. The number of furan rings is 1. The first-order valence-electron chi connectivity index (χ1n) is 7.26. The second-order valence-corrected chi connectivity index (χ2v) is 5.37. The van der Waals surface area contributed by atoms with Crippen LogP contribution in [0.1, 0.15) is 26.2 Å². The van der Waals surface area contributed by atoms with Gasteiger partial charge in [-0.2, -0.15) is 4.98 Å². The van der Waals surface area contributed by atoms with Crippen molar-refractivity contribution < 1.29 is 8.94 Å². The summed E-state index contributed by atoms with van der Waals surface area (Å²) in [5.41, 5.74) is 1.71. The van der Waals surface area contributed by atoms with E-state index in [0.717, 1.165) is 35.9 Å². The molecule has 3 rings (SSSR count). The molecule has 2 aromatic heterocycles. The summed E-state index contributed by atoms with van der Waals surface area (Å²) in [5, 5.41) is 8.43. The van der Waals surface area contributed by atoms with Gasteiger partial charge in [-0.15, -0.1) is 0 Å². The quantitative estimate of drug-likeness (QED) is 0.703. The van der Waals surface area contributed by atoms with Crippen LogP contribution in [0, 0.1) is 0 Å². The third kappa shape index (κ3) is 3.13. The summed E-state index contributed by atoms with van der Waals surface area (Å²) in [5.74, 6) is 1.26. The Kier molecular flexibility index (Phi) is 4.01. The Bertz CT molecular complexity index is 715. The highest BCUT2D eigenvalue weighted by molar-refractivity contribution is 5.91. The fraction of sp³-hybridized carbons (Fsp3) is 0.375. The van der Waals surface area contributed by atoms with E-state index in [2.05, 4.69) is 29.3 Å². The number of hydrogen-bond donors (Lipinski definition) is 1. The van der Waals surface area contributed by atoms with E-state index in [0.29, 0.717) is 17.8 Å². The molecule has 0 radical (unpaired) electrons. The van der Waals surface area contributed by atoms with Crippen LogP contribution in [-0.4, -0.2) is 22.7 Å². The van der Waals surface area contributed by atoms with Crippen molar-refractivity contribution in [2.24, 2.45) is 0 Å². The normalized spacial score (nSPS) is 11.6. The van der Waals surface area contributed by atoms with Gasteiger partial charge in [-0.25, -0.2) is 0 Å². The third-order valence-electron chi connectivity index (χ3n) is 3.31. The van der Waals surface area contributed by atoms with Gasteiger partial charge in [0.2, 0.25) is 11.7 Å². The van der Waals surface area contributed by atoms with Gasteiger partial charge in [0.1, 0.15) is 11.8 Å². The van der Waals surface area contributed by atoms with E-state index in [4.69, 9.17) is 8.94 Å². The maximum absolute atomic E-state index is 5.51. The fourth-order valence-electron chi connectivity index (χ4n) is 2.25. The Morgan fingerprint density at radius 3 is 2.95 bits per heavy atom. The van der Waals surface area contributed by atoms with Crippen LogP contribution in [0.5, 0.6) is 0 Å². The highest BCUT2D eigenvalue weighted by atomic mass is 16.5. The Hall–Kier alpha value is -2.14. The minimum Gasteiger partial charge on any atom is -0.464 e. The highest BCUT2D eigenvalue weighted by Gasteiger charge is 2.14. The van der Waals surface area contributed by atoms with Gasteiger partial charge in [-0.3, -0.25) is 0 Å². The van der Waals surface area contributed by atoms with E-state index in [1.165, 1.54) is 0 Å². The monoisotopic (exact) mass is 285 g/mol. The number of para-hydroxylation sites is 1. The number of rotatable bonds is 6. The molecule has 21 heavy (non-hydrogen) atoms. The number of aryl methyl sites for hydroxylation is 1. The zero-order valence-corrected chi connectivity index (χ0v) is 12.3.